The van der Waals surface area contributed by atoms with Gasteiger partial charge in [0.05, 0.1) is 0 Å². The summed E-state index contributed by atoms with van der Waals surface area (Å²) in [7, 11) is 0. The van der Waals surface area contributed by atoms with Crippen LogP contribution in [0.5, 0.6) is 0 Å². The first-order chi connectivity index (χ1) is 9.56. The number of carbonyl (C=O) groups is 2. The Balaban J connectivity index is 1.66. The Hall–Kier alpha value is -1.30. The van der Waals surface area contributed by atoms with Gasteiger partial charge in [-0.3, -0.25) is 9.69 Å². The minimum Gasteiger partial charge on any atom is -0.481 e. The first-order valence-corrected chi connectivity index (χ1v) is 7.59. The van der Waals surface area contributed by atoms with Crippen molar-refractivity contribution in [2.24, 2.45) is 0 Å². The Morgan fingerprint density at radius 1 is 1.35 bits per heavy atom. The lowest BCUT2D eigenvalue weighted by molar-refractivity contribution is -0.137. The maximum Gasteiger partial charge on any atom is 0.315 e. The number of hydrogen-bond donors (Lipinski definition) is 3. The van der Waals surface area contributed by atoms with Crippen LogP contribution in [0.2, 0.25) is 0 Å². The number of rotatable bonds is 6. The molecule has 2 amide bonds. The molecule has 6 nitrogen and oxygen atoms in total. The van der Waals surface area contributed by atoms with Gasteiger partial charge in [0.1, 0.15) is 0 Å². The number of urea groups is 1. The van der Waals surface area contributed by atoms with Gasteiger partial charge in [0.2, 0.25) is 0 Å². The molecule has 114 valence electrons. The standard InChI is InChI=1S/C14H25N3O3/c1-10(4-2-6-13(18)19)15-14(20)16-11-7-9-17-8-3-5-12(11)17/h10-12H,2-9H2,1H3,(H,18,19)(H2,15,16,20). The van der Waals surface area contributed by atoms with E-state index in [1.807, 2.05) is 6.92 Å². The van der Waals surface area contributed by atoms with Gasteiger partial charge in [0.15, 0.2) is 0 Å². The maximum absolute atomic E-state index is 11.9. The predicted molar refractivity (Wildman–Crippen MR) is 75.6 cm³/mol. The topological polar surface area (TPSA) is 81.7 Å². The van der Waals surface area contributed by atoms with E-state index < -0.39 is 5.97 Å². The number of amides is 2. The normalized spacial score (nSPS) is 27.1. The fourth-order valence-electron chi connectivity index (χ4n) is 3.32. The number of fused-ring (bicyclic) bond motifs is 1. The van der Waals surface area contributed by atoms with E-state index >= 15 is 0 Å². The first-order valence-electron chi connectivity index (χ1n) is 7.59. The van der Waals surface area contributed by atoms with Crippen molar-refractivity contribution in [3.8, 4) is 0 Å². The van der Waals surface area contributed by atoms with Crippen LogP contribution >= 0.6 is 0 Å². The Morgan fingerprint density at radius 3 is 2.90 bits per heavy atom. The number of carbonyl (C=O) groups excluding carboxylic acids is 1. The second kappa shape index (κ2) is 6.92. The highest BCUT2D eigenvalue weighted by Crippen LogP contribution is 2.27. The summed E-state index contributed by atoms with van der Waals surface area (Å²) in [5.41, 5.74) is 0. The van der Waals surface area contributed by atoms with Crippen molar-refractivity contribution in [1.82, 2.24) is 15.5 Å². The molecule has 2 heterocycles. The Morgan fingerprint density at radius 2 is 2.15 bits per heavy atom. The summed E-state index contributed by atoms with van der Waals surface area (Å²) in [6.07, 6.45) is 4.89. The number of nitrogens with one attached hydrogen (secondary N) is 2. The molecule has 0 spiro atoms. The summed E-state index contributed by atoms with van der Waals surface area (Å²) in [5.74, 6) is -0.783. The Bertz CT molecular complexity index is 362. The molecule has 2 aliphatic heterocycles. The van der Waals surface area contributed by atoms with E-state index in [1.54, 1.807) is 0 Å². The Labute approximate surface area is 119 Å². The van der Waals surface area contributed by atoms with E-state index in [-0.39, 0.29) is 24.5 Å². The van der Waals surface area contributed by atoms with Crippen molar-refractivity contribution < 1.29 is 14.7 Å². The average molecular weight is 283 g/mol. The molecule has 6 heteroatoms. The lowest BCUT2D eigenvalue weighted by Crippen LogP contribution is -2.48. The van der Waals surface area contributed by atoms with Gasteiger partial charge in [-0.25, -0.2) is 4.79 Å². The third-order valence-electron chi connectivity index (χ3n) is 4.33. The van der Waals surface area contributed by atoms with Crippen molar-refractivity contribution in [2.75, 3.05) is 13.1 Å². The zero-order valence-corrected chi connectivity index (χ0v) is 12.1. The molecule has 0 aromatic heterocycles. The number of carboxylic acids is 1. The summed E-state index contributed by atoms with van der Waals surface area (Å²) in [4.78, 5) is 24.8. The molecule has 2 rings (SSSR count). The molecule has 0 saturated carbocycles. The fraction of sp³-hybridized carbons (Fsp3) is 0.857. The predicted octanol–water partition coefficient (Wildman–Crippen LogP) is 1.17. The first kappa shape index (κ1) is 15.1. The quantitative estimate of drug-likeness (QED) is 0.683. The third kappa shape index (κ3) is 4.10. The van der Waals surface area contributed by atoms with Crippen LogP contribution in [0.3, 0.4) is 0 Å². The molecule has 0 aromatic carbocycles. The minimum absolute atomic E-state index is 0.00966. The second-order valence-electron chi connectivity index (χ2n) is 5.95. The summed E-state index contributed by atoms with van der Waals surface area (Å²) in [6, 6.07) is 0.675. The molecular formula is C14H25N3O3. The van der Waals surface area contributed by atoms with Crippen molar-refractivity contribution in [3.05, 3.63) is 0 Å². The van der Waals surface area contributed by atoms with Gasteiger partial charge in [0.25, 0.3) is 0 Å². The summed E-state index contributed by atoms with van der Waals surface area (Å²) >= 11 is 0. The molecule has 3 unspecified atom stereocenters. The number of aliphatic carboxylic acids is 1. The maximum atomic E-state index is 11.9. The summed E-state index contributed by atoms with van der Waals surface area (Å²) in [6.45, 7) is 4.16. The largest absolute Gasteiger partial charge is 0.481 e. The lowest BCUT2D eigenvalue weighted by Gasteiger charge is -2.22. The van der Waals surface area contributed by atoms with E-state index in [1.165, 1.54) is 12.8 Å². The van der Waals surface area contributed by atoms with Gasteiger partial charge in [-0.05, 0) is 45.6 Å². The molecule has 0 bridgehead atoms. The van der Waals surface area contributed by atoms with Gasteiger partial charge in [-0.2, -0.15) is 0 Å². The monoisotopic (exact) mass is 283 g/mol. The van der Waals surface area contributed by atoms with Gasteiger partial charge in [-0.1, -0.05) is 0 Å². The highest BCUT2D eigenvalue weighted by Gasteiger charge is 2.37. The highest BCUT2D eigenvalue weighted by atomic mass is 16.4. The van der Waals surface area contributed by atoms with Crippen molar-refractivity contribution in [2.45, 2.75) is 63.6 Å². The van der Waals surface area contributed by atoms with Crippen LogP contribution in [0.1, 0.15) is 45.4 Å². The molecule has 0 aromatic rings. The van der Waals surface area contributed by atoms with Crippen molar-refractivity contribution >= 4 is 12.0 Å². The zero-order chi connectivity index (χ0) is 14.5. The van der Waals surface area contributed by atoms with E-state index in [2.05, 4.69) is 15.5 Å². The average Bonchev–Trinajstić information content (AvgIpc) is 2.93. The van der Waals surface area contributed by atoms with E-state index in [4.69, 9.17) is 5.11 Å². The van der Waals surface area contributed by atoms with Gasteiger partial charge >= 0.3 is 12.0 Å². The lowest BCUT2D eigenvalue weighted by atomic mass is 10.1. The van der Waals surface area contributed by atoms with Crippen LogP contribution in [-0.2, 0) is 4.79 Å². The molecule has 2 saturated heterocycles. The Kier molecular flexibility index (Phi) is 5.23. The van der Waals surface area contributed by atoms with Gasteiger partial charge < -0.3 is 15.7 Å². The van der Waals surface area contributed by atoms with Crippen LogP contribution < -0.4 is 10.6 Å². The van der Waals surface area contributed by atoms with Crippen molar-refractivity contribution in [3.63, 3.8) is 0 Å². The van der Waals surface area contributed by atoms with E-state index in [9.17, 15) is 9.59 Å². The summed E-state index contributed by atoms with van der Waals surface area (Å²) < 4.78 is 0. The SMILES string of the molecule is CC(CCCC(=O)O)NC(=O)NC1CCN2CCCC12. The molecular weight excluding hydrogens is 258 g/mol. The molecule has 20 heavy (non-hydrogen) atoms. The molecule has 2 aliphatic rings. The van der Waals surface area contributed by atoms with Crippen LogP contribution in [0, 0.1) is 0 Å². The van der Waals surface area contributed by atoms with Gasteiger partial charge in [-0.15, -0.1) is 0 Å². The zero-order valence-electron chi connectivity index (χ0n) is 12.1. The van der Waals surface area contributed by atoms with E-state index in [0.29, 0.717) is 18.9 Å². The van der Waals surface area contributed by atoms with Crippen molar-refractivity contribution in [1.29, 1.82) is 0 Å². The van der Waals surface area contributed by atoms with Crippen LogP contribution in [-0.4, -0.2) is 53.2 Å². The molecule has 0 radical (unpaired) electrons. The van der Waals surface area contributed by atoms with Gasteiger partial charge in [0, 0.05) is 31.1 Å². The van der Waals surface area contributed by atoms with Crippen LogP contribution in [0.25, 0.3) is 0 Å². The number of nitrogens with zero attached hydrogens (tertiary/aromatic N) is 1. The third-order valence-corrected chi connectivity index (χ3v) is 4.33. The minimum atomic E-state index is -0.783. The molecule has 3 N–H and O–H groups in total. The molecule has 0 aliphatic carbocycles. The fourth-order valence-corrected chi connectivity index (χ4v) is 3.32. The smallest absolute Gasteiger partial charge is 0.315 e. The number of hydrogen-bond acceptors (Lipinski definition) is 3. The van der Waals surface area contributed by atoms with Crippen LogP contribution in [0.15, 0.2) is 0 Å². The summed E-state index contributed by atoms with van der Waals surface area (Å²) in [5, 5.41) is 14.6. The molecule has 2 fully saturated rings. The number of carboxylic acid groups (broad SMARTS) is 1. The second-order valence-corrected chi connectivity index (χ2v) is 5.95. The van der Waals surface area contributed by atoms with Crippen LogP contribution in [0.4, 0.5) is 4.79 Å². The molecule has 3 atom stereocenters. The highest BCUT2D eigenvalue weighted by molar-refractivity contribution is 5.74. The van der Waals surface area contributed by atoms with E-state index in [0.717, 1.165) is 19.5 Å².